The van der Waals surface area contributed by atoms with Crippen LogP contribution in [0.4, 0.5) is 0 Å². The van der Waals surface area contributed by atoms with Gasteiger partial charge in [-0.15, -0.1) is 0 Å². The van der Waals surface area contributed by atoms with Crippen molar-refractivity contribution < 1.29 is 23.4 Å². The van der Waals surface area contributed by atoms with Crippen molar-refractivity contribution in [3.05, 3.63) is 30.3 Å². The van der Waals surface area contributed by atoms with Crippen molar-refractivity contribution in [1.82, 2.24) is 0 Å². The molecule has 1 aromatic carbocycles. The van der Waals surface area contributed by atoms with Crippen LogP contribution in [0.2, 0.25) is 0 Å². The van der Waals surface area contributed by atoms with Gasteiger partial charge in [0.2, 0.25) is 0 Å². The molecule has 0 unspecified atom stereocenters. The lowest BCUT2D eigenvalue weighted by atomic mass is 9.98. The average molecular weight is 298 g/mol. The summed E-state index contributed by atoms with van der Waals surface area (Å²) < 4.78 is 25.0. The third kappa shape index (κ3) is 3.02. The second kappa shape index (κ2) is 5.93. The van der Waals surface area contributed by atoms with E-state index in [0.29, 0.717) is 6.42 Å². The van der Waals surface area contributed by atoms with Crippen molar-refractivity contribution in [2.75, 3.05) is 0 Å². The Bertz CT molecular complexity index is 566. The first-order chi connectivity index (χ1) is 9.43. The van der Waals surface area contributed by atoms with Gasteiger partial charge in [0.1, 0.15) is 0 Å². The van der Waals surface area contributed by atoms with Gasteiger partial charge in [-0.3, -0.25) is 4.79 Å². The third-order valence-corrected chi connectivity index (χ3v) is 6.15. The van der Waals surface area contributed by atoms with Gasteiger partial charge in [-0.05, 0) is 37.8 Å². The van der Waals surface area contributed by atoms with E-state index in [1.165, 1.54) is 0 Å². The summed E-state index contributed by atoms with van der Waals surface area (Å²) in [4.78, 5) is 11.3. The number of aliphatic carboxylic acids is 1. The van der Waals surface area contributed by atoms with Crippen LogP contribution in [0, 0.1) is 5.92 Å². The predicted octanol–water partition coefficient (Wildman–Crippen LogP) is 1.46. The van der Waals surface area contributed by atoms with E-state index >= 15 is 0 Å². The van der Waals surface area contributed by atoms with Crippen LogP contribution in [-0.4, -0.2) is 36.0 Å². The minimum atomic E-state index is -3.46. The molecule has 2 N–H and O–H groups in total. The van der Waals surface area contributed by atoms with Crippen LogP contribution in [0.25, 0.3) is 0 Å². The van der Waals surface area contributed by atoms with Crippen molar-refractivity contribution in [3.8, 4) is 0 Å². The standard InChI is InChI=1S/C14H18O5S/c15-13-9-7-11(6-8-12(13)14(16)17)20(18,19)10-4-2-1-3-5-10/h1-5,11-13,15H,6-9H2,(H,16,17)/t11-,12-,13-/m0/s1. The number of carbonyl (C=O) groups is 1. The number of benzene rings is 1. The molecular weight excluding hydrogens is 280 g/mol. The maximum Gasteiger partial charge on any atom is 0.309 e. The van der Waals surface area contributed by atoms with E-state index in [1.807, 2.05) is 0 Å². The molecule has 5 nitrogen and oxygen atoms in total. The Morgan fingerprint density at radius 3 is 2.25 bits per heavy atom. The molecule has 1 aromatic rings. The Labute approximate surface area is 118 Å². The quantitative estimate of drug-likeness (QED) is 0.824. The van der Waals surface area contributed by atoms with Gasteiger partial charge in [0.25, 0.3) is 0 Å². The molecular formula is C14H18O5S. The number of aliphatic hydroxyl groups is 1. The molecule has 20 heavy (non-hydrogen) atoms. The average Bonchev–Trinajstić information content (AvgIpc) is 2.62. The predicted molar refractivity (Wildman–Crippen MR) is 73.0 cm³/mol. The summed E-state index contributed by atoms with van der Waals surface area (Å²) >= 11 is 0. The van der Waals surface area contributed by atoms with E-state index < -0.39 is 33.1 Å². The zero-order valence-corrected chi connectivity index (χ0v) is 11.8. The highest BCUT2D eigenvalue weighted by Gasteiger charge is 2.36. The summed E-state index contributed by atoms with van der Waals surface area (Å²) in [6.45, 7) is 0. The molecule has 0 bridgehead atoms. The summed E-state index contributed by atoms with van der Waals surface area (Å²) in [5.41, 5.74) is 0. The SMILES string of the molecule is O=C(O)[C@H]1CC[C@H](S(=O)(=O)c2ccccc2)CC[C@@H]1O. The highest BCUT2D eigenvalue weighted by molar-refractivity contribution is 7.92. The Kier molecular flexibility index (Phi) is 4.45. The minimum Gasteiger partial charge on any atom is -0.481 e. The summed E-state index contributed by atoms with van der Waals surface area (Å²) in [6, 6.07) is 8.17. The molecule has 1 aliphatic rings. The molecule has 0 radical (unpaired) electrons. The molecule has 0 amide bonds. The molecule has 3 atom stereocenters. The second-order valence-corrected chi connectivity index (χ2v) is 7.37. The zero-order chi connectivity index (χ0) is 14.8. The van der Waals surface area contributed by atoms with E-state index in [9.17, 15) is 18.3 Å². The van der Waals surface area contributed by atoms with Crippen molar-refractivity contribution in [2.45, 2.75) is 41.9 Å². The summed E-state index contributed by atoms with van der Waals surface area (Å²) in [5, 5.41) is 18.2. The van der Waals surface area contributed by atoms with Gasteiger partial charge in [0.05, 0.1) is 22.2 Å². The first-order valence-electron chi connectivity index (χ1n) is 6.62. The van der Waals surface area contributed by atoms with Crippen LogP contribution in [0.3, 0.4) is 0 Å². The van der Waals surface area contributed by atoms with E-state index in [2.05, 4.69) is 0 Å². The maximum atomic E-state index is 12.5. The van der Waals surface area contributed by atoms with Gasteiger partial charge >= 0.3 is 5.97 Å². The van der Waals surface area contributed by atoms with Gasteiger partial charge in [0.15, 0.2) is 9.84 Å². The lowest BCUT2D eigenvalue weighted by Gasteiger charge is -2.15. The number of carboxylic acid groups (broad SMARTS) is 1. The molecule has 0 saturated heterocycles. The molecule has 0 aromatic heterocycles. The Morgan fingerprint density at radius 2 is 1.65 bits per heavy atom. The normalized spacial score (nSPS) is 27.8. The molecule has 2 rings (SSSR count). The highest BCUT2D eigenvalue weighted by Crippen LogP contribution is 2.30. The molecule has 0 aliphatic heterocycles. The van der Waals surface area contributed by atoms with Crippen molar-refractivity contribution in [3.63, 3.8) is 0 Å². The van der Waals surface area contributed by atoms with Crippen LogP contribution >= 0.6 is 0 Å². The van der Waals surface area contributed by atoms with Gasteiger partial charge in [-0.25, -0.2) is 8.42 Å². The summed E-state index contributed by atoms with van der Waals surface area (Å²) in [5.74, 6) is -1.93. The van der Waals surface area contributed by atoms with E-state index in [4.69, 9.17) is 5.11 Å². The van der Waals surface area contributed by atoms with E-state index in [-0.39, 0.29) is 24.2 Å². The maximum absolute atomic E-state index is 12.5. The molecule has 6 heteroatoms. The Morgan fingerprint density at radius 1 is 1.05 bits per heavy atom. The summed E-state index contributed by atoms with van der Waals surface area (Å²) in [6.07, 6.45) is -0.0163. The largest absolute Gasteiger partial charge is 0.481 e. The Balaban J connectivity index is 2.20. The lowest BCUT2D eigenvalue weighted by Crippen LogP contribution is -2.26. The van der Waals surface area contributed by atoms with Gasteiger partial charge in [-0.1, -0.05) is 18.2 Å². The fraction of sp³-hybridized carbons (Fsp3) is 0.500. The number of carboxylic acids is 1. The van der Waals surface area contributed by atoms with Crippen molar-refractivity contribution in [1.29, 1.82) is 0 Å². The lowest BCUT2D eigenvalue weighted by molar-refractivity contribution is -0.145. The van der Waals surface area contributed by atoms with Gasteiger partial charge in [-0.2, -0.15) is 0 Å². The smallest absolute Gasteiger partial charge is 0.309 e. The van der Waals surface area contributed by atoms with Crippen molar-refractivity contribution in [2.24, 2.45) is 5.92 Å². The van der Waals surface area contributed by atoms with E-state index in [1.54, 1.807) is 30.3 Å². The van der Waals surface area contributed by atoms with Crippen LogP contribution < -0.4 is 0 Å². The first-order valence-corrected chi connectivity index (χ1v) is 8.17. The highest BCUT2D eigenvalue weighted by atomic mass is 32.2. The number of hydrogen-bond donors (Lipinski definition) is 2. The minimum absolute atomic E-state index is 0.188. The third-order valence-electron chi connectivity index (χ3n) is 3.88. The van der Waals surface area contributed by atoms with Gasteiger partial charge in [0, 0.05) is 0 Å². The fourth-order valence-corrected chi connectivity index (χ4v) is 4.48. The number of hydrogen-bond acceptors (Lipinski definition) is 4. The topological polar surface area (TPSA) is 91.7 Å². The molecule has 110 valence electrons. The molecule has 1 fully saturated rings. The molecule has 0 heterocycles. The van der Waals surface area contributed by atoms with Crippen molar-refractivity contribution >= 4 is 15.8 Å². The van der Waals surface area contributed by atoms with Crippen LogP contribution in [0.5, 0.6) is 0 Å². The number of sulfone groups is 1. The van der Waals surface area contributed by atoms with Gasteiger partial charge < -0.3 is 10.2 Å². The first kappa shape index (κ1) is 15.0. The van der Waals surface area contributed by atoms with E-state index in [0.717, 1.165) is 0 Å². The van der Waals surface area contributed by atoms with Crippen LogP contribution in [-0.2, 0) is 14.6 Å². The molecule has 1 saturated carbocycles. The number of rotatable bonds is 3. The molecule has 0 spiro atoms. The fourth-order valence-electron chi connectivity index (χ4n) is 2.66. The zero-order valence-electron chi connectivity index (χ0n) is 11.0. The molecule has 1 aliphatic carbocycles. The van der Waals surface area contributed by atoms with Crippen LogP contribution in [0.1, 0.15) is 25.7 Å². The monoisotopic (exact) mass is 298 g/mol. The van der Waals surface area contributed by atoms with Crippen LogP contribution in [0.15, 0.2) is 35.2 Å². The second-order valence-electron chi connectivity index (χ2n) is 5.15. The summed E-state index contributed by atoms with van der Waals surface area (Å²) in [7, 11) is -3.46. The Hall–Kier alpha value is -1.40. The number of aliphatic hydroxyl groups excluding tert-OH is 1.